The van der Waals surface area contributed by atoms with Gasteiger partial charge in [-0.25, -0.2) is 4.98 Å². The van der Waals surface area contributed by atoms with E-state index in [0.717, 1.165) is 37.3 Å². The molecule has 7 nitrogen and oxygen atoms in total. The Morgan fingerprint density at radius 1 is 1.03 bits per heavy atom. The van der Waals surface area contributed by atoms with E-state index < -0.39 is 6.36 Å². The van der Waals surface area contributed by atoms with Crippen LogP contribution in [0.3, 0.4) is 0 Å². The quantitative estimate of drug-likeness (QED) is 0.438. The summed E-state index contributed by atoms with van der Waals surface area (Å²) in [7, 11) is 0. The van der Waals surface area contributed by atoms with E-state index in [1.54, 1.807) is 23.2 Å². The molecule has 0 saturated carbocycles. The van der Waals surface area contributed by atoms with Crippen LogP contribution in [0.1, 0.15) is 32.6 Å². The van der Waals surface area contributed by atoms with Gasteiger partial charge in [-0.3, -0.25) is 9.69 Å². The maximum Gasteiger partial charge on any atom is 0.573 e. The summed E-state index contributed by atoms with van der Waals surface area (Å²) in [5.74, 6) is 0.192. The Kier molecular flexibility index (Phi) is 7.15. The molecule has 0 aliphatic carbocycles. The van der Waals surface area contributed by atoms with E-state index in [9.17, 15) is 23.2 Å². The fraction of sp³-hybridized carbons (Fsp3) is 0.296. The molecule has 11 heteroatoms. The van der Waals surface area contributed by atoms with Gasteiger partial charge in [0.25, 0.3) is 5.91 Å². The highest BCUT2D eigenvalue weighted by atomic mass is 35.5. The third-order valence-corrected chi connectivity index (χ3v) is 6.91. The Morgan fingerprint density at radius 2 is 1.76 bits per heavy atom. The summed E-state index contributed by atoms with van der Waals surface area (Å²) in [6.07, 6.45) is -3.06. The summed E-state index contributed by atoms with van der Waals surface area (Å²) in [5.41, 5.74) is 3.55. The highest BCUT2D eigenvalue weighted by Gasteiger charge is 2.32. The van der Waals surface area contributed by atoms with E-state index in [0.29, 0.717) is 40.6 Å². The molecule has 38 heavy (non-hydrogen) atoms. The SMILES string of the molecule is N#Cc1cccnc1N1CCN(Cc2cc(Cl)c3c(c2)CN(Cc2ccc(OC(F)(F)F)cc2)C3=O)CC1. The number of anilines is 1. The number of halogens is 4. The van der Waals surface area contributed by atoms with Crippen LogP contribution in [0.2, 0.25) is 5.02 Å². The number of nitriles is 1. The topological polar surface area (TPSA) is 72.7 Å². The van der Waals surface area contributed by atoms with Gasteiger partial charge in [0, 0.05) is 52.0 Å². The molecule has 5 rings (SSSR count). The van der Waals surface area contributed by atoms with E-state index in [-0.39, 0.29) is 18.2 Å². The first-order valence-electron chi connectivity index (χ1n) is 12.0. The van der Waals surface area contributed by atoms with Gasteiger partial charge in [0.15, 0.2) is 0 Å². The first-order chi connectivity index (χ1) is 18.2. The molecule has 0 atom stereocenters. The average molecular weight is 542 g/mol. The van der Waals surface area contributed by atoms with Crippen LogP contribution in [-0.4, -0.2) is 53.2 Å². The van der Waals surface area contributed by atoms with Gasteiger partial charge in [-0.1, -0.05) is 29.8 Å². The van der Waals surface area contributed by atoms with Gasteiger partial charge in [-0.05, 0) is 47.0 Å². The molecular formula is C27H23ClF3N5O2. The van der Waals surface area contributed by atoms with Crippen LogP contribution in [0, 0.1) is 11.3 Å². The molecule has 2 aromatic carbocycles. The van der Waals surface area contributed by atoms with Crippen LogP contribution in [-0.2, 0) is 19.6 Å². The maximum atomic E-state index is 13.0. The Labute approximate surface area is 222 Å². The normalized spacial score (nSPS) is 15.9. The predicted molar refractivity (Wildman–Crippen MR) is 135 cm³/mol. The van der Waals surface area contributed by atoms with Crippen LogP contribution < -0.4 is 9.64 Å². The Morgan fingerprint density at radius 3 is 2.45 bits per heavy atom. The molecule has 2 aliphatic rings. The second-order valence-corrected chi connectivity index (χ2v) is 9.62. The average Bonchev–Trinajstić information content (AvgIpc) is 3.20. The maximum absolute atomic E-state index is 13.0. The van der Waals surface area contributed by atoms with Gasteiger partial charge in [0.2, 0.25) is 0 Å². The minimum absolute atomic E-state index is 0.204. The zero-order valence-corrected chi connectivity index (χ0v) is 21.0. The zero-order valence-electron chi connectivity index (χ0n) is 20.2. The van der Waals surface area contributed by atoms with Crippen molar-refractivity contribution < 1.29 is 22.7 Å². The number of pyridine rings is 1. The number of nitrogens with zero attached hydrogens (tertiary/aromatic N) is 5. The lowest BCUT2D eigenvalue weighted by Gasteiger charge is -2.35. The van der Waals surface area contributed by atoms with Crippen LogP contribution in [0.25, 0.3) is 0 Å². The number of carbonyl (C=O) groups excluding carboxylic acids is 1. The molecule has 3 heterocycles. The second-order valence-electron chi connectivity index (χ2n) is 9.21. The van der Waals surface area contributed by atoms with E-state index in [2.05, 4.69) is 25.6 Å². The Balaban J connectivity index is 1.21. The number of carbonyl (C=O) groups is 1. The minimum atomic E-state index is -4.75. The minimum Gasteiger partial charge on any atom is -0.406 e. The lowest BCUT2D eigenvalue weighted by atomic mass is 10.1. The van der Waals surface area contributed by atoms with Crippen molar-refractivity contribution in [3.05, 3.63) is 87.6 Å². The Hall–Kier alpha value is -3.81. The first-order valence-corrected chi connectivity index (χ1v) is 12.4. The molecule has 3 aromatic rings. The van der Waals surface area contributed by atoms with Crippen LogP contribution in [0.4, 0.5) is 19.0 Å². The van der Waals surface area contributed by atoms with Gasteiger partial charge in [0.1, 0.15) is 17.6 Å². The lowest BCUT2D eigenvalue weighted by Crippen LogP contribution is -2.46. The Bertz CT molecular complexity index is 1380. The van der Waals surface area contributed by atoms with Crippen molar-refractivity contribution in [2.45, 2.75) is 26.0 Å². The third kappa shape index (κ3) is 5.69. The molecule has 1 fully saturated rings. The van der Waals surface area contributed by atoms with Crippen molar-refractivity contribution in [3.8, 4) is 11.8 Å². The van der Waals surface area contributed by atoms with Gasteiger partial charge in [0.05, 0.1) is 16.1 Å². The second kappa shape index (κ2) is 10.5. The molecule has 0 spiro atoms. The number of fused-ring (bicyclic) bond motifs is 1. The number of ether oxygens (including phenoxy) is 1. The van der Waals surface area contributed by atoms with E-state index in [4.69, 9.17) is 11.6 Å². The smallest absolute Gasteiger partial charge is 0.406 e. The number of rotatable bonds is 6. The summed E-state index contributed by atoms with van der Waals surface area (Å²) in [4.78, 5) is 23.4. The molecule has 1 saturated heterocycles. The van der Waals surface area contributed by atoms with Gasteiger partial charge in [-0.2, -0.15) is 5.26 Å². The fourth-order valence-corrected chi connectivity index (χ4v) is 5.22. The van der Waals surface area contributed by atoms with E-state index >= 15 is 0 Å². The molecule has 1 amide bonds. The fourth-order valence-electron chi connectivity index (χ4n) is 4.87. The highest BCUT2D eigenvalue weighted by Crippen LogP contribution is 2.33. The van der Waals surface area contributed by atoms with Crippen molar-refractivity contribution in [1.82, 2.24) is 14.8 Å². The van der Waals surface area contributed by atoms with Crippen molar-refractivity contribution in [2.75, 3.05) is 31.1 Å². The number of amides is 1. The van der Waals surface area contributed by atoms with E-state index in [1.807, 2.05) is 12.1 Å². The standard InChI is InChI=1S/C27H23ClF3N5O2/c28-23-13-19(15-34-8-10-35(11-9-34)25-20(14-32)2-1-7-33-25)12-21-17-36(26(37)24(21)23)16-18-3-5-22(6-4-18)38-27(29,30)31/h1-7,12-13H,8-11,15-17H2. The summed E-state index contributed by atoms with van der Waals surface area (Å²) >= 11 is 6.54. The van der Waals surface area contributed by atoms with Crippen molar-refractivity contribution in [2.24, 2.45) is 0 Å². The molecule has 0 N–H and O–H groups in total. The summed E-state index contributed by atoms with van der Waals surface area (Å²) in [5, 5.41) is 9.75. The molecule has 196 valence electrons. The van der Waals surface area contributed by atoms with E-state index in [1.165, 1.54) is 24.3 Å². The molecular weight excluding hydrogens is 519 g/mol. The summed E-state index contributed by atoms with van der Waals surface area (Å²) < 4.78 is 41.1. The van der Waals surface area contributed by atoms with Gasteiger partial charge < -0.3 is 14.5 Å². The largest absolute Gasteiger partial charge is 0.573 e. The highest BCUT2D eigenvalue weighted by molar-refractivity contribution is 6.34. The van der Waals surface area contributed by atoms with Crippen LogP contribution >= 0.6 is 11.6 Å². The number of hydrogen-bond acceptors (Lipinski definition) is 6. The number of hydrogen-bond donors (Lipinski definition) is 0. The first kappa shape index (κ1) is 25.8. The third-order valence-electron chi connectivity index (χ3n) is 6.61. The number of benzene rings is 2. The summed E-state index contributed by atoms with van der Waals surface area (Å²) in [6.45, 7) is 4.33. The lowest BCUT2D eigenvalue weighted by molar-refractivity contribution is -0.274. The van der Waals surface area contributed by atoms with Gasteiger partial charge >= 0.3 is 6.36 Å². The number of alkyl halides is 3. The monoisotopic (exact) mass is 541 g/mol. The zero-order chi connectivity index (χ0) is 26.9. The molecule has 0 unspecified atom stereocenters. The number of aromatic nitrogens is 1. The summed E-state index contributed by atoms with van der Waals surface area (Å²) in [6, 6.07) is 15.0. The van der Waals surface area contributed by atoms with Crippen molar-refractivity contribution in [1.29, 1.82) is 5.26 Å². The molecule has 0 bridgehead atoms. The number of piperazine rings is 1. The molecule has 0 radical (unpaired) electrons. The van der Waals surface area contributed by atoms with Crippen LogP contribution in [0.15, 0.2) is 54.7 Å². The van der Waals surface area contributed by atoms with Crippen LogP contribution in [0.5, 0.6) is 5.75 Å². The van der Waals surface area contributed by atoms with Gasteiger partial charge in [-0.15, -0.1) is 13.2 Å². The van der Waals surface area contributed by atoms with Crippen molar-refractivity contribution >= 4 is 23.3 Å². The molecule has 2 aliphatic heterocycles. The van der Waals surface area contributed by atoms with Crippen molar-refractivity contribution in [3.63, 3.8) is 0 Å². The molecule has 1 aromatic heterocycles. The predicted octanol–water partition coefficient (Wildman–Crippen LogP) is 4.98.